The van der Waals surface area contributed by atoms with Crippen LogP contribution < -0.4 is 11.1 Å². The van der Waals surface area contributed by atoms with E-state index in [1.165, 1.54) is 6.07 Å². The van der Waals surface area contributed by atoms with Crippen molar-refractivity contribution in [2.24, 2.45) is 5.73 Å². The molecule has 0 aromatic heterocycles. The average molecular weight is 353 g/mol. The van der Waals surface area contributed by atoms with Gasteiger partial charge in [0.05, 0.1) is 4.90 Å². The van der Waals surface area contributed by atoms with Crippen molar-refractivity contribution in [2.75, 3.05) is 19.6 Å². The smallest absolute Gasteiger partial charge is 0.251 e. The monoisotopic (exact) mass is 353 g/mol. The molecule has 0 radical (unpaired) electrons. The third-order valence-corrected chi connectivity index (χ3v) is 6.37. The molecule has 0 spiro atoms. The zero-order chi connectivity index (χ0) is 17.6. The second kappa shape index (κ2) is 8.60. The first-order valence-corrected chi connectivity index (χ1v) is 10.0. The molecule has 1 fully saturated rings. The van der Waals surface area contributed by atoms with Gasteiger partial charge in [-0.3, -0.25) is 4.79 Å². The topological polar surface area (TPSA) is 92.5 Å². The van der Waals surface area contributed by atoms with E-state index in [2.05, 4.69) is 5.32 Å². The molecule has 1 aliphatic rings. The minimum Gasteiger partial charge on any atom is -0.352 e. The molecule has 0 saturated carbocycles. The number of rotatable bonds is 7. The summed E-state index contributed by atoms with van der Waals surface area (Å²) in [6.07, 6.45) is 4.47. The minimum absolute atomic E-state index is 0.00232. The van der Waals surface area contributed by atoms with E-state index >= 15 is 0 Å². The van der Waals surface area contributed by atoms with Crippen LogP contribution in [0.4, 0.5) is 0 Å². The SMILES string of the molecule is CC1CCCCN1S(=O)(=O)c1cccc(C(=O)NCCCCN)c1. The largest absolute Gasteiger partial charge is 0.352 e. The Kier molecular flexibility index (Phi) is 6.77. The van der Waals surface area contributed by atoms with Crippen molar-refractivity contribution in [3.05, 3.63) is 29.8 Å². The lowest BCUT2D eigenvalue weighted by Gasteiger charge is -2.32. The summed E-state index contributed by atoms with van der Waals surface area (Å²) in [4.78, 5) is 12.4. The van der Waals surface area contributed by atoms with Crippen LogP contribution in [0.1, 0.15) is 49.4 Å². The van der Waals surface area contributed by atoms with Gasteiger partial charge in [-0.2, -0.15) is 4.31 Å². The number of hydrogen-bond donors (Lipinski definition) is 2. The van der Waals surface area contributed by atoms with Crippen molar-refractivity contribution >= 4 is 15.9 Å². The Morgan fingerprint density at radius 2 is 2.12 bits per heavy atom. The lowest BCUT2D eigenvalue weighted by Crippen LogP contribution is -2.42. The van der Waals surface area contributed by atoms with Gasteiger partial charge in [-0.1, -0.05) is 12.5 Å². The number of nitrogens with one attached hydrogen (secondary N) is 1. The molecule has 24 heavy (non-hydrogen) atoms. The van der Waals surface area contributed by atoms with Gasteiger partial charge in [0.2, 0.25) is 10.0 Å². The van der Waals surface area contributed by atoms with Crippen molar-refractivity contribution < 1.29 is 13.2 Å². The van der Waals surface area contributed by atoms with E-state index in [4.69, 9.17) is 5.73 Å². The molecule has 1 aromatic rings. The summed E-state index contributed by atoms with van der Waals surface area (Å²) in [6, 6.07) is 6.28. The minimum atomic E-state index is -3.56. The predicted molar refractivity (Wildman–Crippen MR) is 94.3 cm³/mol. The molecule has 3 N–H and O–H groups in total. The fourth-order valence-electron chi connectivity index (χ4n) is 2.94. The second-order valence-electron chi connectivity index (χ2n) is 6.24. The summed E-state index contributed by atoms with van der Waals surface area (Å²) in [6.45, 7) is 3.61. The quantitative estimate of drug-likeness (QED) is 0.730. The number of benzene rings is 1. The van der Waals surface area contributed by atoms with Crippen molar-refractivity contribution in [3.8, 4) is 0 Å². The first-order valence-electron chi connectivity index (χ1n) is 8.57. The number of carbonyl (C=O) groups is 1. The second-order valence-corrected chi connectivity index (χ2v) is 8.13. The van der Waals surface area contributed by atoms with Gasteiger partial charge in [-0.05, 0) is 57.4 Å². The molecule has 6 nitrogen and oxygen atoms in total. The van der Waals surface area contributed by atoms with Crippen LogP contribution in [0.15, 0.2) is 29.2 Å². The van der Waals surface area contributed by atoms with Gasteiger partial charge in [0.15, 0.2) is 0 Å². The zero-order valence-corrected chi connectivity index (χ0v) is 15.0. The number of carbonyl (C=O) groups excluding carboxylic acids is 1. The summed E-state index contributed by atoms with van der Waals surface area (Å²) >= 11 is 0. The highest BCUT2D eigenvalue weighted by Gasteiger charge is 2.31. The fourth-order valence-corrected chi connectivity index (χ4v) is 4.68. The van der Waals surface area contributed by atoms with Gasteiger partial charge in [0.25, 0.3) is 5.91 Å². The predicted octanol–water partition coefficient (Wildman–Crippen LogP) is 1.72. The van der Waals surface area contributed by atoms with Gasteiger partial charge in [0, 0.05) is 24.7 Å². The lowest BCUT2D eigenvalue weighted by atomic mass is 10.1. The van der Waals surface area contributed by atoms with Crippen molar-refractivity contribution in [2.45, 2.75) is 50.0 Å². The Morgan fingerprint density at radius 3 is 2.83 bits per heavy atom. The van der Waals surface area contributed by atoms with Crippen LogP contribution in [0, 0.1) is 0 Å². The van der Waals surface area contributed by atoms with Crippen molar-refractivity contribution in [1.82, 2.24) is 9.62 Å². The van der Waals surface area contributed by atoms with E-state index in [1.54, 1.807) is 22.5 Å². The number of nitrogens with zero attached hydrogens (tertiary/aromatic N) is 1. The molecule has 1 aliphatic heterocycles. The van der Waals surface area contributed by atoms with Gasteiger partial charge in [0.1, 0.15) is 0 Å². The summed E-state index contributed by atoms with van der Waals surface area (Å²) in [7, 11) is -3.56. The first-order chi connectivity index (χ1) is 11.5. The van der Waals surface area contributed by atoms with Crippen LogP contribution >= 0.6 is 0 Å². The van der Waals surface area contributed by atoms with Crippen LogP contribution in [0.5, 0.6) is 0 Å². The molecule has 1 heterocycles. The molecule has 1 saturated heterocycles. The van der Waals surface area contributed by atoms with Crippen LogP contribution in [-0.2, 0) is 10.0 Å². The van der Waals surface area contributed by atoms with Crippen LogP contribution in [0.3, 0.4) is 0 Å². The molecule has 2 rings (SSSR count). The number of hydrogen-bond acceptors (Lipinski definition) is 4. The molecule has 1 unspecified atom stereocenters. The average Bonchev–Trinajstić information content (AvgIpc) is 2.59. The molecule has 1 amide bonds. The van der Waals surface area contributed by atoms with E-state index in [9.17, 15) is 13.2 Å². The van der Waals surface area contributed by atoms with E-state index < -0.39 is 10.0 Å². The Labute approximate surface area is 144 Å². The lowest BCUT2D eigenvalue weighted by molar-refractivity contribution is 0.0953. The Bertz CT molecular complexity index is 661. The molecule has 7 heteroatoms. The van der Waals surface area contributed by atoms with Gasteiger partial charge in [-0.15, -0.1) is 0 Å². The number of unbranched alkanes of at least 4 members (excludes halogenated alkanes) is 1. The fraction of sp³-hybridized carbons (Fsp3) is 0.588. The molecule has 0 aliphatic carbocycles. The Morgan fingerprint density at radius 1 is 1.33 bits per heavy atom. The number of piperidine rings is 1. The molecule has 134 valence electrons. The highest BCUT2D eigenvalue weighted by atomic mass is 32.2. The Balaban J connectivity index is 2.12. The number of nitrogens with two attached hydrogens (primary N) is 1. The van der Waals surface area contributed by atoms with Crippen molar-refractivity contribution in [3.63, 3.8) is 0 Å². The van der Waals surface area contributed by atoms with Crippen molar-refractivity contribution in [1.29, 1.82) is 0 Å². The van der Waals surface area contributed by atoms with E-state index in [0.29, 0.717) is 25.2 Å². The molecule has 0 bridgehead atoms. The number of amides is 1. The highest BCUT2D eigenvalue weighted by molar-refractivity contribution is 7.89. The molecule has 1 aromatic carbocycles. The number of sulfonamides is 1. The summed E-state index contributed by atoms with van der Waals surface area (Å²) < 4.78 is 27.3. The van der Waals surface area contributed by atoms with Gasteiger partial charge < -0.3 is 11.1 Å². The molecular formula is C17H27N3O3S. The zero-order valence-electron chi connectivity index (χ0n) is 14.2. The van der Waals surface area contributed by atoms with Crippen LogP contribution in [0.2, 0.25) is 0 Å². The summed E-state index contributed by atoms with van der Waals surface area (Å²) in [5.74, 6) is -0.254. The maximum Gasteiger partial charge on any atom is 0.251 e. The van der Waals surface area contributed by atoms with Crippen LogP contribution in [-0.4, -0.2) is 44.3 Å². The Hall–Kier alpha value is -1.44. The van der Waals surface area contributed by atoms with E-state index in [-0.39, 0.29) is 16.8 Å². The summed E-state index contributed by atoms with van der Waals surface area (Å²) in [5.41, 5.74) is 5.79. The van der Waals surface area contributed by atoms with E-state index in [1.807, 2.05) is 6.92 Å². The first kappa shape index (κ1) is 18.9. The summed E-state index contributed by atoms with van der Waals surface area (Å²) in [5, 5.41) is 2.80. The molecule has 1 atom stereocenters. The third kappa shape index (κ3) is 4.55. The molecular weight excluding hydrogens is 326 g/mol. The maximum atomic E-state index is 12.9. The standard InChI is InChI=1S/C17H27N3O3S/c1-14-7-2-5-12-20(14)24(22,23)16-9-6-8-15(13-16)17(21)19-11-4-3-10-18/h6,8-9,13-14H,2-5,7,10-12,18H2,1H3,(H,19,21). The normalized spacial score (nSPS) is 19.2. The maximum absolute atomic E-state index is 12.9. The van der Waals surface area contributed by atoms with Crippen LogP contribution in [0.25, 0.3) is 0 Å². The highest BCUT2D eigenvalue weighted by Crippen LogP contribution is 2.25. The van der Waals surface area contributed by atoms with Gasteiger partial charge in [-0.25, -0.2) is 8.42 Å². The third-order valence-electron chi connectivity index (χ3n) is 4.36. The van der Waals surface area contributed by atoms with E-state index in [0.717, 1.165) is 32.1 Å². The van der Waals surface area contributed by atoms with Gasteiger partial charge >= 0.3 is 0 Å².